The van der Waals surface area contributed by atoms with Crippen molar-refractivity contribution in [2.24, 2.45) is 0 Å². The SMILES string of the molecule is CC(C)c1ccc(C[NH+](C)CC(=O)Nc2ccccc2F)cc1. The van der Waals surface area contributed by atoms with Gasteiger partial charge in [0.1, 0.15) is 12.4 Å². The van der Waals surface area contributed by atoms with Crippen LogP contribution in [0.25, 0.3) is 0 Å². The van der Waals surface area contributed by atoms with Gasteiger partial charge in [-0.2, -0.15) is 0 Å². The third-order valence-corrected chi connectivity index (χ3v) is 3.76. The molecule has 0 heterocycles. The number of likely N-dealkylation sites (N-methyl/N-ethyl adjacent to an activating group) is 1. The average Bonchev–Trinajstić information content (AvgIpc) is 2.50. The predicted molar refractivity (Wildman–Crippen MR) is 91.0 cm³/mol. The van der Waals surface area contributed by atoms with E-state index in [9.17, 15) is 9.18 Å². The van der Waals surface area contributed by atoms with Gasteiger partial charge in [0.15, 0.2) is 6.54 Å². The molecule has 2 aromatic carbocycles. The number of halogens is 1. The first kappa shape index (κ1) is 17.2. The van der Waals surface area contributed by atoms with Crippen molar-refractivity contribution in [1.29, 1.82) is 0 Å². The highest BCUT2D eigenvalue weighted by molar-refractivity contribution is 5.91. The van der Waals surface area contributed by atoms with Gasteiger partial charge in [-0.25, -0.2) is 4.39 Å². The Hall–Kier alpha value is -2.20. The number of anilines is 1. The molecule has 1 unspecified atom stereocenters. The maximum atomic E-state index is 13.5. The van der Waals surface area contributed by atoms with Gasteiger partial charge in [0, 0.05) is 5.56 Å². The van der Waals surface area contributed by atoms with Gasteiger partial charge in [0.2, 0.25) is 0 Å². The van der Waals surface area contributed by atoms with Crippen LogP contribution in [-0.2, 0) is 11.3 Å². The summed E-state index contributed by atoms with van der Waals surface area (Å²) in [5, 5.41) is 2.62. The number of nitrogens with one attached hydrogen (secondary N) is 2. The number of amides is 1. The minimum Gasteiger partial charge on any atom is -0.326 e. The Labute approximate surface area is 137 Å². The molecule has 2 rings (SSSR count). The highest BCUT2D eigenvalue weighted by Crippen LogP contribution is 2.14. The molecule has 0 aliphatic rings. The smallest absolute Gasteiger partial charge is 0.279 e. The molecule has 23 heavy (non-hydrogen) atoms. The maximum Gasteiger partial charge on any atom is 0.279 e. The van der Waals surface area contributed by atoms with Gasteiger partial charge in [-0.15, -0.1) is 0 Å². The van der Waals surface area contributed by atoms with Gasteiger partial charge in [-0.05, 0) is 23.6 Å². The minimum atomic E-state index is -0.414. The molecule has 0 aliphatic carbocycles. The molecule has 0 radical (unpaired) electrons. The highest BCUT2D eigenvalue weighted by Gasteiger charge is 2.12. The first-order chi connectivity index (χ1) is 11.0. The number of carbonyl (C=O) groups excluding carboxylic acids is 1. The molecule has 2 N–H and O–H groups in total. The Balaban J connectivity index is 1.87. The van der Waals surface area contributed by atoms with Gasteiger partial charge >= 0.3 is 0 Å². The number of benzene rings is 2. The zero-order chi connectivity index (χ0) is 16.8. The monoisotopic (exact) mass is 315 g/mol. The molecule has 1 amide bonds. The van der Waals surface area contributed by atoms with Crippen molar-refractivity contribution < 1.29 is 14.1 Å². The predicted octanol–water partition coefficient (Wildman–Crippen LogP) is 2.60. The number of hydrogen-bond acceptors (Lipinski definition) is 1. The second kappa shape index (κ2) is 7.88. The van der Waals surface area contributed by atoms with E-state index < -0.39 is 5.82 Å². The van der Waals surface area contributed by atoms with Crippen molar-refractivity contribution in [3.8, 4) is 0 Å². The van der Waals surface area contributed by atoms with E-state index in [-0.39, 0.29) is 11.6 Å². The molecule has 0 aromatic heterocycles. The van der Waals surface area contributed by atoms with Crippen molar-refractivity contribution in [3.05, 3.63) is 65.5 Å². The highest BCUT2D eigenvalue weighted by atomic mass is 19.1. The molecule has 0 aliphatic heterocycles. The Morgan fingerprint density at radius 2 is 1.78 bits per heavy atom. The molecular weight excluding hydrogens is 291 g/mol. The van der Waals surface area contributed by atoms with Crippen LogP contribution in [-0.4, -0.2) is 19.5 Å². The summed E-state index contributed by atoms with van der Waals surface area (Å²) in [6.45, 7) is 5.38. The van der Waals surface area contributed by atoms with Crippen LogP contribution in [0.5, 0.6) is 0 Å². The standard InChI is InChI=1S/C19H23FN2O/c1-14(2)16-10-8-15(9-11-16)12-22(3)13-19(23)21-18-7-5-4-6-17(18)20/h4-11,14H,12-13H2,1-3H3,(H,21,23)/p+1. The lowest BCUT2D eigenvalue weighted by Crippen LogP contribution is -3.08. The summed E-state index contributed by atoms with van der Waals surface area (Å²) in [6.07, 6.45) is 0. The molecule has 0 spiro atoms. The normalized spacial score (nSPS) is 12.2. The van der Waals surface area contributed by atoms with Crippen molar-refractivity contribution >= 4 is 11.6 Å². The molecule has 0 fully saturated rings. The Bertz CT molecular complexity index is 653. The second-order valence-corrected chi connectivity index (χ2v) is 6.23. The Kier molecular flexibility index (Phi) is 5.88. The largest absolute Gasteiger partial charge is 0.326 e. The van der Waals surface area contributed by atoms with Crippen LogP contribution in [0.2, 0.25) is 0 Å². The van der Waals surface area contributed by atoms with E-state index in [1.165, 1.54) is 17.2 Å². The molecular formula is C19H24FN2O+. The number of hydrogen-bond donors (Lipinski definition) is 2. The first-order valence-electron chi connectivity index (χ1n) is 7.90. The van der Waals surface area contributed by atoms with Crippen LogP contribution in [0.4, 0.5) is 10.1 Å². The number of para-hydroxylation sites is 1. The van der Waals surface area contributed by atoms with Gasteiger partial charge < -0.3 is 10.2 Å². The van der Waals surface area contributed by atoms with Gasteiger partial charge in [0.05, 0.1) is 12.7 Å². The lowest BCUT2D eigenvalue weighted by Gasteiger charge is -2.15. The Morgan fingerprint density at radius 3 is 2.39 bits per heavy atom. The summed E-state index contributed by atoms with van der Waals surface area (Å²) in [5.74, 6) is -0.0881. The number of quaternary nitrogens is 1. The van der Waals surface area contributed by atoms with Crippen LogP contribution in [0.3, 0.4) is 0 Å². The molecule has 0 saturated carbocycles. The van der Waals surface area contributed by atoms with Crippen LogP contribution in [0.15, 0.2) is 48.5 Å². The van der Waals surface area contributed by atoms with Crippen LogP contribution >= 0.6 is 0 Å². The van der Waals surface area contributed by atoms with E-state index in [0.29, 0.717) is 12.5 Å². The van der Waals surface area contributed by atoms with E-state index in [1.54, 1.807) is 18.2 Å². The molecule has 0 bridgehead atoms. The molecule has 3 nitrogen and oxygen atoms in total. The Morgan fingerprint density at radius 1 is 1.13 bits per heavy atom. The fourth-order valence-corrected chi connectivity index (χ4v) is 2.46. The molecule has 0 saturated heterocycles. The van der Waals surface area contributed by atoms with Crippen LogP contribution < -0.4 is 10.2 Å². The van der Waals surface area contributed by atoms with E-state index in [2.05, 4.69) is 43.4 Å². The van der Waals surface area contributed by atoms with E-state index in [4.69, 9.17) is 0 Å². The summed E-state index contributed by atoms with van der Waals surface area (Å²) in [4.78, 5) is 13.1. The molecule has 122 valence electrons. The zero-order valence-corrected chi connectivity index (χ0v) is 13.9. The molecule has 4 heteroatoms. The summed E-state index contributed by atoms with van der Waals surface area (Å²) in [5.41, 5.74) is 2.72. The molecule has 2 aromatic rings. The summed E-state index contributed by atoms with van der Waals surface area (Å²) >= 11 is 0. The summed E-state index contributed by atoms with van der Waals surface area (Å²) in [6, 6.07) is 14.7. The topological polar surface area (TPSA) is 33.5 Å². The van der Waals surface area contributed by atoms with Crippen molar-refractivity contribution in [2.45, 2.75) is 26.3 Å². The van der Waals surface area contributed by atoms with Crippen molar-refractivity contribution in [3.63, 3.8) is 0 Å². The zero-order valence-electron chi connectivity index (χ0n) is 13.9. The van der Waals surface area contributed by atoms with E-state index >= 15 is 0 Å². The number of carbonyl (C=O) groups is 1. The average molecular weight is 315 g/mol. The van der Waals surface area contributed by atoms with Crippen molar-refractivity contribution in [2.75, 3.05) is 18.9 Å². The van der Waals surface area contributed by atoms with Gasteiger partial charge in [-0.1, -0.05) is 50.2 Å². The molecule has 1 atom stereocenters. The number of rotatable bonds is 6. The quantitative estimate of drug-likeness (QED) is 0.844. The van der Waals surface area contributed by atoms with Gasteiger partial charge in [0.25, 0.3) is 5.91 Å². The lowest BCUT2D eigenvalue weighted by atomic mass is 10.0. The third-order valence-electron chi connectivity index (χ3n) is 3.76. The van der Waals surface area contributed by atoms with Gasteiger partial charge in [-0.3, -0.25) is 4.79 Å². The fourth-order valence-electron chi connectivity index (χ4n) is 2.46. The van der Waals surface area contributed by atoms with Crippen molar-refractivity contribution in [1.82, 2.24) is 0 Å². The third kappa shape index (κ3) is 5.18. The summed E-state index contributed by atoms with van der Waals surface area (Å²) in [7, 11) is 1.96. The van der Waals surface area contributed by atoms with Crippen LogP contribution in [0.1, 0.15) is 30.9 Å². The van der Waals surface area contributed by atoms with E-state index in [1.807, 2.05) is 7.05 Å². The minimum absolute atomic E-state index is 0.189. The fraction of sp³-hybridized carbons (Fsp3) is 0.316. The lowest BCUT2D eigenvalue weighted by molar-refractivity contribution is -0.885. The maximum absolute atomic E-state index is 13.5. The second-order valence-electron chi connectivity index (χ2n) is 6.23. The van der Waals surface area contributed by atoms with Crippen LogP contribution in [0, 0.1) is 5.82 Å². The summed E-state index contributed by atoms with van der Waals surface area (Å²) < 4.78 is 13.5. The first-order valence-corrected chi connectivity index (χ1v) is 7.90. The van der Waals surface area contributed by atoms with E-state index in [0.717, 1.165) is 11.4 Å².